The van der Waals surface area contributed by atoms with Crippen LogP contribution in [0.2, 0.25) is 0 Å². The van der Waals surface area contributed by atoms with E-state index in [1.807, 2.05) is 39.8 Å². The lowest BCUT2D eigenvalue weighted by molar-refractivity contribution is -0.118. The van der Waals surface area contributed by atoms with Gasteiger partial charge < -0.3 is 20.5 Å². The molecule has 0 aliphatic rings. The molecule has 40 heavy (non-hydrogen) atoms. The Morgan fingerprint density at radius 1 is 0.800 bits per heavy atom. The number of nitrogens with zero attached hydrogens (tertiary/aromatic N) is 1. The van der Waals surface area contributed by atoms with E-state index in [-0.39, 0.29) is 35.5 Å². The second-order valence-electron chi connectivity index (χ2n) is 11.1. The Kier molecular flexibility index (Phi) is 8.67. The van der Waals surface area contributed by atoms with Gasteiger partial charge in [0.15, 0.2) is 0 Å². The van der Waals surface area contributed by atoms with Gasteiger partial charge in [-0.15, -0.1) is 0 Å². The van der Waals surface area contributed by atoms with Gasteiger partial charge in [-0.1, -0.05) is 45.9 Å². The van der Waals surface area contributed by atoms with Crippen LogP contribution in [0.15, 0.2) is 72.8 Å². The second-order valence-corrected chi connectivity index (χ2v) is 11.1. The molecule has 1 aromatic heterocycles. The molecule has 0 spiro atoms. The zero-order valence-electron chi connectivity index (χ0n) is 23.3. The van der Waals surface area contributed by atoms with Gasteiger partial charge in [-0.2, -0.15) is 0 Å². The van der Waals surface area contributed by atoms with Gasteiger partial charge >= 0.3 is 0 Å². The average molecular weight is 543 g/mol. The highest BCUT2D eigenvalue weighted by molar-refractivity contribution is 6.07. The molecular formula is C32H35FN4O3. The number of hydrogen-bond donors (Lipinski definition) is 3. The second kappa shape index (κ2) is 12.2. The summed E-state index contributed by atoms with van der Waals surface area (Å²) in [6.45, 7) is 8.09. The van der Waals surface area contributed by atoms with Crippen molar-refractivity contribution in [3.63, 3.8) is 0 Å². The van der Waals surface area contributed by atoms with Gasteiger partial charge in [0.25, 0.3) is 5.91 Å². The summed E-state index contributed by atoms with van der Waals surface area (Å²) in [5, 5.41) is 9.40. The summed E-state index contributed by atoms with van der Waals surface area (Å²) < 4.78 is 16.4. The smallest absolute Gasteiger partial charge is 0.272 e. The predicted molar refractivity (Wildman–Crippen MR) is 158 cm³/mol. The first-order valence-electron chi connectivity index (χ1n) is 13.4. The number of benzene rings is 3. The maximum atomic E-state index is 14.6. The van der Waals surface area contributed by atoms with Gasteiger partial charge in [-0.05, 0) is 66.4 Å². The number of rotatable bonds is 9. The number of nitrogens with one attached hydrogen (secondary N) is 3. The fraction of sp³-hybridized carbons (Fsp3) is 0.281. The van der Waals surface area contributed by atoms with Gasteiger partial charge in [0.1, 0.15) is 11.5 Å². The van der Waals surface area contributed by atoms with E-state index >= 15 is 0 Å². The predicted octanol–water partition coefficient (Wildman–Crippen LogP) is 7.19. The van der Waals surface area contributed by atoms with Crippen molar-refractivity contribution in [3.8, 4) is 0 Å². The van der Waals surface area contributed by atoms with Crippen molar-refractivity contribution in [3.05, 3.63) is 89.9 Å². The third-order valence-corrected chi connectivity index (χ3v) is 6.30. The number of fused-ring (bicyclic) bond motifs is 1. The minimum atomic E-state index is -0.367. The Hall–Kier alpha value is -4.46. The Balaban J connectivity index is 1.63. The van der Waals surface area contributed by atoms with Crippen LogP contribution in [0, 0.1) is 11.2 Å². The molecule has 0 fully saturated rings. The first kappa shape index (κ1) is 28.5. The van der Waals surface area contributed by atoms with Crippen LogP contribution in [-0.4, -0.2) is 22.3 Å². The summed E-state index contributed by atoms with van der Waals surface area (Å²) in [4.78, 5) is 37.8. The minimum absolute atomic E-state index is 0.0640. The summed E-state index contributed by atoms with van der Waals surface area (Å²) >= 11 is 0. The van der Waals surface area contributed by atoms with Crippen LogP contribution in [-0.2, 0) is 16.1 Å². The monoisotopic (exact) mass is 542 g/mol. The molecule has 0 bridgehead atoms. The fourth-order valence-corrected chi connectivity index (χ4v) is 4.47. The zero-order chi connectivity index (χ0) is 28.9. The molecule has 0 radical (unpaired) electrons. The van der Waals surface area contributed by atoms with Crippen LogP contribution in [0.5, 0.6) is 0 Å². The molecule has 0 aliphatic carbocycles. The van der Waals surface area contributed by atoms with Crippen LogP contribution in [0.1, 0.15) is 63.0 Å². The van der Waals surface area contributed by atoms with E-state index in [9.17, 15) is 18.8 Å². The van der Waals surface area contributed by atoms with Crippen molar-refractivity contribution >= 4 is 45.7 Å². The molecule has 1 heterocycles. The molecule has 0 saturated carbocycles. The molecule has 0 unspecified atom stereocenters. The zero-order valence-corrected chi connectivity index (χ0v) is 23.3. The van der Waals surface area contributed by atoms with E-state index in [4.69, 9.17) is 0 Å². The maximum Gasteiger partial charge on any atom is 0.272 e. The molecule has 8 heteroatoms. The van der Waals surface area contributed by atoms with E-state index < -0.39 is 0 Å². The molecule has 7 nitrogen and oxygen atoms in total. The Morgan fingerprint density at radius 2 is 1.43 bits per heavy atom. The highest BCUT2D eigenvalue weighted by Gasteiger charge is 2.19. The van der Waals surface area contributed by atoms with Gasteiger partial charge in [0.2, 0.25) is 11.8 Å². The summed E-state index contributed by atoms with van der Waals surface area (Å²) in [7, 11) is 0. The normalized spacial score (nSPS) is 11.3. The number of carbonyl (C=O) groups excluding carboxylic acids is 3. The van der Waals surface area contributed by atoms with E-state index in [1.165, 1.54) is 6.07 Å². The molecule has 3 N–H and O–H groups in total. The highest BCUT2D eigenvalue weighted by Crippen LogP contribution is 2.27. The summed E-state index contributed by atoms with van der Waals surface area (Å²) in [6.07, 6.45) is 1.56. The number of halogens is 1. The first-order chi connectivity index (χ1) is 19.0. The Morgan fingerprint density at radius 3 is 2.08 bits per heavy atom. The molecule has 4 aromatic rings. The number of carbonyl (C=O) groups is 3. The summed E-state index contributed by atoms with van der Waals surface area (Å²) in [5.74, 6) is -0.882. The molecular weight excluding hydrogens is 507 g/mol. The van der Waals surface area contributed by atoms with Gasteiger partial charge in [0.05, 0.1) is 6.54 Å². The van der Waals surface area contributed by atoms with Crippen molar-refractivity contribution in [1.29, 1.82) is 0 Å². The van der Waals surface area contributed by atoms with Crippen molar-refractivity contribution in [1.82, 2.24) is 4.57 Å². The molecule has 3 amide bonds. The number of aromatic nitrogens is 1. The molecule has 3 aromatic carbocycles. The van der Waals surface area contributed by atoms with Crippen molar-refractivity contribution in [2.24, 2.45) is 5.41 Å². The summed E-state index contributed by atoms with van der Waals surface area (Å²) in [6, 6.07) is 20.5. The largest absolute Gasteiger partial charge is 0.332 e. The third kappa shape index (κ3) is 7.34. The molecule has 4 rings (SSSR count). The Bertz CT molecular complexity index is 1530. The van der Waals surface area contributed by atoms with Gasteiger partial charge in [0, 0.05) is 46.4 Å². The number of amides is 3. The first-order valence-corrected chi connectivity index (χ1v) is 13.4. The van der Waals surface area contributed by atoms with E-state index in [0.29, 0.717) is 41.2 Å². The lowest BCUT2D eigenvalue weighted by atomic mass is 9.92. The standard InChI is InChI=1S/C32H35FN4O3/c1-5-8-29(38)34-23-11-13-24(14-12-23)36-31(40)28-18-22-17-25(35-30(39)19-32(2,3)4)15-16-27(22)37(28)20-21-9-6-7-10-26(21)33/h6-7,9-18H,5,8,19-20H2,1-4H3,(H,34,38)(H,35,39)(H,36,40). The van der Waals surface area contributed by atoms with Crippen molar-refractivity contribution in [2.75, 3.05) is 16.0 Å². The Labute approximate surface area is 233 Å². The molecule has 0 saturated heterocycles. The van der Waals surface area contributed by atoms with Crippen molar-refractivity contribution < 1.29 is 18.8 Å². The van der Waals surface area contributed by atoms with Crippen molar-refractivity contribution in [2.45, 2.75) is 53.5 Å². The summed E-state index contributed by atoms with van der Waals surface area (Å²) in [5.41, 5.74) is 3.19. The fourth-order valence-electron chi connectivity index (χ4n) is 4.47. The lowest BCUT2D eigenvalue weighted by Gasteiger charge is -2.17. The van der Waals surface area contributed by atoms with Gasteiger partial charge in [-0.25, -0.2) is 4.39 Å². The average Bonchev–Trinajstić information content (AvgIpc) is 3.23. The molecule has 0 atom stereocenters. The van der Waals surface area contributed by atoms with Crippen LogP contribution in [0.3, 0.4) is 0 Å². The topological polar surface area (TPSA) is 92.2 Å². The SMILES string of the molecule is CCCC(=O)Nc1ccc(NC(=O)c2cc3cc(NC(=O)CC(C)(C)C)ccc3n2Cc2ccccc2F)cc1. The van der Waals surface area contributed by atoms with Crippen LogP contribution >= 0.6 is 0 Å². The maximum absolute atomic E-state index is 14.6. The van der Waals surface area contributed by atoms with Crippen LogP contribution in [0.25, 0.3) is 10.9 Å². The minimum Gasteiger partial charge on any atom is -0.332 e. The highest BCUT2D eigenvalue weighted by atomic mass is 19.1. The van der Waals surface area contributed by atoms with E-state index in [1.54, 1.807) is 59.2 Å². The van der Waals surface area contributed by atoms with Crippen LogP contribution < -0.4 is 16.0 Å². The molecule has 208 valence electrons. The third-order valence-electron chi connectivity index (χ3n) is 6.30. The van der Waals surface area contributed by atoms with E-state index in [0.717, 1.165) is 17.3 Å². The number of anilines is 3. The van der Waals surface area contributed by atoms with E-state index in [2.05, 4.69) is 16.0 Å². The quantitative estimate of drug-likeness (QED) is 0.209. The lowest BCUT2D eigenvalue weighted by Crippen LogP contribution is -2.19. The van der Waals surface area contributed by atoms with Crippen LogP contribution in [0.4, 0.5) is 21.5 Å². The van der Waals surface area contributed by atoms with Gasteiger partial charge in [-0.3, -0.25) is 14.4 Å². The molecule has 0 aliphatic heterocycles. The number of hydrogen-bond acceptors (Lipinski definition) is 3.